The van der Waals surface area contributed by atoms with Crippen LogP contribution in [0.5, 0.6) is 0 Å². The van der Waals surface area contributed by atoms with Gasteiger partial charge in [-0.05, 0) is 168 Å². The van der Waals surface area contributed by atoms with E-state index in [2.05, 4.69) is 127 Å². The molecule has 8 bridgehead atoms. The minimum atomic E-state index is 0.443. The standard InChI is InChI=1S/C76H66N16/c1-89(2)57-29-17-49(18-30-57)13-9-41-77-53-25-37-61-65(45-53)73-81-69(61)86-74-67-47-55(79-43-11-15-51-21-33-59(34-22-51)91(5)6)27-39-63(67)71(83-74)88-76-68-48-56(80-44-12-16-52-23-35-60(36-24-52)92(7)8)28-40-64(68)72(84-76)87-75-66-46-54(26-38-62(66)70(82-75)85-73)78-42-10-14-50-19-31-58(32-20-50)90(3)4/h9-48H,1-8H3,(H2,81,82,83,84,85,86,87,88)/b13-9+,14-10+,15-11+,16-12+,77-41?,78-42?,79-43?,80-44?. The van der Waals surface area contributed by atoms with Gasteiger partial charge >= 0.3 is 0 Å². The van der Waals surface area contributed by atoms with Crippen LogP contribution in [0.2, 0.25) is 0 Å². The van der Waals surface area contributed by atoms with Crippen molar-refractivity contribution in [2.75, 3.05) is 76.0 Å². The van der Waals surface area contributed by atoms with Gasteiger partial charge in [0.25, 0.3) is 0 Å². The molecule has 0 fully saturated rings. The number of rotatable bonds is 16. The zero-order valence-corrected chi connectivity index (χ0v) is 52.4. The van der Waals surface area contributed by atoms with Crippen molar-refractivity contribution in [3.63, 3.8) is 0 Å². The summed E-state index contributed by atoms with van der Waals surface area (Å²) < 4.78 is 0. The number of H-pyrrole nitrogens is 2. The summed E-state index contributed by atoms with van der Waals surface area (Å²) in [6.45, 7) is 0. The number of aromatic amines is 2. The summed E-state index contributed by atoms with van der Waals surface area (Å²) in [5.74, 6) is 1.79. The molecule has 0 unspecified atom stereocenters. The molecule has 0 spiro atoms. The van der Waals surface area contributed by atoms with Crippen molar-refractivity contribution in [2.24, 2.45) is 20.0 Å². The highest BCUT2D eigenvalue weighted by atomic mass is 15.1. The lowest BCUT2D eigenvalue weighted by atomic mass is 10.1. The van der Waals surface area contributed by atoms with Gasteiger partial charge in [-0.25, -0.2) is 29.9 Å². The second-order valence-corrected chi connectivity index (χ2v) is 23.0. The Bertz CT molecular complexity index is 4700. The first kappa shape index (κ1) is 59.0. The van der Waals surface area contributed by atoms with Crippen LogP contribution in [-0.4, -0.2) is 121 Å². The van der Waals surface area contributed by atoms with Gasteiger partial charge in [-0.1, -0.05) is 72.8 Å². The van der Waals surface area contributed by atoms with Crippen LogP contribution in [0.25, 0.3) is 114 Å². The van der Waals surface area contributed by atoms with Gasteiger partial charge in [-0.2, -0.15) is 0 Å². The molecule has 13 rings (SSSR count). The first-order valence-electron chi connectivity index (χ1n) is 30.1. The molecule has 92 heavy (non-hydrogen) atoms. The Hall–Kier alpha value is -12.0. The number of hydrogen-bond acceptors (Lipinski definition) is 14. The molecule has 2 N–H and O–H groups in total. The summed E-state index contributed by atoms with van der Waals surface area (Å²) in [7, 11) is 16.3. The fraction of sp³-hybridized carbons (Fsp3) is 0.105. The zero-order chi connectivity index (χ0) is 63.2. The maximum Gasteiger partial charge on any atom is 0.164 e. The van der Waals surface area contributed by atoms with Crippen molar-refractivity contribution in [2.45, 2.75) is 0 Å². The highest BCUT2D eigenvalue weighted by Crippen LogP contribution is 2.40. The number of aromatic nitrogens is 8. The topological polar surface area (TPSA) is 171 Å². The number of nitrogens with one attached hydrogen (secondary N) is 2. The highest BCUT2D eigenvalue weighted by molar-refractivity contribution is 6.08. The number of allylic oxidation sites excluding steroid dienone is 4. The Morgan fingerprint density at radius 3 is 0.826 bits per heavy atom. The second kappa shape index (κ2) is 26.0. The molecule has 11 aromatic rings. The van der Waals surface area contributed by atoms with Crippen LogP contribution in [0.15, 0.2) is 214 Å². The molecule has 0 aliphatic carbocycles. The third-order valence-electron chi connectivity index (χ3n) is 15.8. The van der Waals surface area contributed by atoms with Crippen LogP contribution in [0.1, 0.15) is 22.3 Å². The van der Waals surface area contributed by atoms with Crippen molar-refractivity contribution >= 4 is 139 Å². The summed E-state index contributed by atoms with van der Waals surface area (Å²) in [6.07, 6.45) is 23.1. The van der Waals surface area contributed by atoms with Gasteiger partial charge in [0.15, 0.2) is 23.3 Å². The summed E-state index contributed by atoms with van der Waals surface area (Å²) in [5.41, 5.74) is 16.9. The number of aliphatic imine (C=N–C) groups is 4. The van der Waals surface area contributed by atoms with Crippen LogP contribution in [0.3, 0.4) is 0 Å². The normalized spacial score (nSPS) is 12.4. The average Bonchev–Trinajstić information content (AvgIpc) is 1.64. The second-order valence-electron chi connectivity index (χ2n) is 23.0. The first-order chi connectivity index (χ1) is 44.8. The van der Waals surface area contributed by atoms with E-state index >= 15 is 0 Å². The molecule has 5 heterocycles. The molecule has 0 atom stereocenters. The Kier molecular flexibility index (Phi) is 16.6. The fourth-order valence-corrected chi connectivity index (χ4v) is 10.7. The Morgan fingerprint density at radius 2 is 0.533 bits per heavy atom. The third-order valence-corrected chi connectivity index (χ3v) is 15.8. The van der Waals surface area contributed by atoms with Crippen molar-refractivity contribution < 1.29 is 0 Å². The van der Waals surface area contributed by atoms with Crippen LogP contribution < -0.4 is 19.6 Å². The molecule has 0 amide bonds. The number of fused-ring (bicyclic) bond motifs is 20. The van der Waals surface area contributed by atoms with Crippen molar-refractivity contribution in [3.8, 4) is 45.6 Å². The van der Waals surface area contributed by atoms with E-state index in [1.807, 2.05) is 178 Å². The lowest BCUT2D eigenvalue weighted by Crippen LogP contribution is -2.07. The predicted molar refractivity (Wildman–Crippen MR) is 388 cm³/mol. The van der Waals surface area contributed by atoms with Crippen LogP contribution in [-0.2, 0) is 0 Å². The molecule has 0 saturated carbocycles. The predicted octanol–water partition coefficient (Wildman–Crippen LogP) is 16.8. The lowest BCUT2D eigenvalue weighted by molar-refractivity contribution is 1.13. The lowest BCUT2D eigenvalue weighted by Gasteiger charge is -2.11. The van der Waals surface area contributed by atoms with Crippen LogP contribution >= 0.6 is 0 Å². The van der Waals surface area contributed by atoms with Gasteiger partial charge in [-0.3, -0.25) is 20.0 Å². The van der Waals surface area contributed by atoms with Gasteiger partial charge in [-0.15, -0.1) is 0 Å². The van der Waals surface area contributed by atoms with E-state index in [9.17, 15) is 0 Å². The number of benzene rings is 8. The molecule has 450 valence electrons. The summed E-state index contributed by atoms with van der Waals surface area (Å²) in [5, 5.41) is 3.18. The molecule has 0 saturated heterocycles. The van der Waals surface area contributed by atoms with Gasteiger partial charge in [0, 0.05) is 148 Å². The third kappa shape index (κ3) is 13.1. The number of anilines is 4. The maximum absolute atomic E-state index is 5.36. The summed E-state index contributed by atoms with van der Waals surface area (Å²) in [6, 6.07) is 57.4. The van der Waals surface area contributed by atoms with E-state index in [1.165, 1.54) is 0 Å². The average molecular weight is 1200 g/mol. The largest absolute Gasteiger partial charge is 0.378 e. The smallest absolute Gasteiger partial charge is 0.164 e. The minimum absolute atomic E-state index is 0.443. The van der Waals surface area contributed by atoms with Gasteiger partial charge in [0.1, 0.15) is 22.6 Å². The molecule has 0 radical (unpaired) electrons. The Balaban J connectivity index is 0.962. The molecule has 8 aromatic carbocycles. The first-order valence-corrected chi connectivity index (χ1v) is 30.1. The van der Waals surface area contributed by atoms with E-state index in [-0.39, 0.29) is 0 Å². The quantitative estimate of drug-likeness (QED) is 0.0887. The molecule has 3 aromatic heterocycles. The van der Waals surface area contributed by atoms with E-state index in [4.69, 9.17) is 49.9 Å². The summed E-state index contributed by atoms with van der Waals surface area (Å²) in [4.78, 5) is 67.0. The van der Waals surface area contributed by atoms with Crippen molar-refractivity contribution in [1.82, 2.24) is 39.9 Å². The van der Waals surface area contributed by atoms with Crippen LogP contribution in [0, 0.1) is 0 Å². The number of nitrogens with zero attached hydrogens (tertiary/aromatic N) is 14. The molecule has 2 aliphatic rings. The van der Waals surface area contributed by atoms with E-state index in [1.54, 1.807) is 24.9 Å². The Morgan fingerprint density at radius 1 is 0.272 bits per heavy atom. The Labute approximate surface area is 533 Å². The molecule has 16 nitrogen and oxygen atoms in total. The van der Waals surface area contributed by atoms with Crippen LogP contribution in [0.4, 0.5) is 45.5 Å². The molecular weight excluding hydrogens is 1140 g/mol. The molecule has 2 aliphatic heterocycles. The minimum Gasteiger partial charge on any atom is -0.378 e. The highest BCUT2D eigenvalue weighted by Gasteiger charge is 2.24. The van der Waals surface area contributed by atoms with E-state index < -0.39 is 0 Å². The van der Waals surface area contributed by atoms with E-state index in [0.717, 1.165) is 112 Å². The van der Waals surface area contributed by atoms with Gasteiger partial charge in [0.05, 0.1) is 22.7 Å². The molecular formula is C76H66N16. The molecule has 16 heteroatoms. The van der Waals surface area contributed by atoms with E-state index in [0.29, 0.717) is 45.9 Å². The van der Waals surface area contributed by atoms with Crippen molar-refractivity contribution in [3.05, 3.63) is 216 Å². The van der Waals surface area contributed by atoms with Gasteiger partial charge in [0.2, 0.25) is 0 Å². The monoisotopic (exact) mass is 1200 g/mol. The maximum atomic E-state index is 5.36. The van der Waals surface area contributed by atoms with Gasteiger partial charge < -0.3 is 29.6 Å². The SMILES string of the molecule is CN(C)c1ccc(/C=C/C=Nc2ccc3c(c2)-c2nc-3nc3[nH]c(nc4nc(nc5[nH]c(n2)c2ccc(N=C/C=C/c6ccc(N(C)C)cc6)cc52)-c2ccc(N=C/C=C/c5ccc(N(C)C)cc5)cc2-4)c2ccc(N=C/C=C/c4ccc(N(C)C)cc4)cc32)cc1. The summed E-state index contributed by atoms with van der Waals surface area (Å²) >= 11 is 0. The number of hydrogen-bond donors (Lipinski definition) is 2. The zero-order valence-electron chi connectivity index (χ0n) is 52.4. The fourth-order valence-electron chi connectivity index (χ4n) is 10.7. The van der Waals surface area contributed by atoms with Crippen molar-refractivity contribution in [1.29, 1.82) is 0 Å².